The van der Waals surface area contributed by atoms with E-state index in [2.05, 4.69) is 33.0 Å². The average Bonchev–Trinajstić information content (AvgIpc) is 3.20. The minimum atomic E-state index is 0.444. The van der Waals surface area contributed by atoms with Crippen molar-refractivity contribution in [3.8, 4) is 0 Å². The molecule has 0 amide bonds. The predicted molar refractivity (Wildman–Crippen MR) is 86.7 cm³/mol. The van der Waals surface area contributed by atoms with Crippen LogP contribution in [0, 0.1) is 5.41 Å². The second-order valence-electron chi connectivity index (χ2n) is 6.81. The number of rotatable bonds is 3. The number of furan rings is 1. The van der Waals surface area contributed by atoms with Crippen molar-refractivity contribution in [1.29, 1.82) is 0 Å². The van der Waals surface area contributed by atoms with Crippen molar-refractivity contribution in [3.63, 3.8) is 0 Å². The molecule has 0 unspecified atom stereocenters. The Kier molecular flexibility index (Phi) is 3.62. The molecule has 1 spiro atoms. The second kappa shape index (κ2) is 5.76. The maximum atomic E-state index is 5.19. The van der Waals surface area contributed by atoms with Crippen molar-refractivity contribution >= 4 is 5.82 Å². The Hall–Kier alpha value is -1.81. The van der Waals surface area contributed by atoms with Gasteiger partial charge in [-0.05, 0) is 44.0 Å². The molecule has 2 aliphatic heterocycles. The highest BCUT2D eigenvalue weighted by atomic mass is 16.3. The third-order valence-electron chi connectivity index (χ3n) is 5.14. The van der Waals surface area contributed by atoms with Crippen molar-refractivity contribution in [2.24, 2.45) is 5.41 Å². The van der Waals surface area contributed by atoms with Gasteiger partial charge in [-0.15, -0.1) is 0 Å². The van der Waals surface area contributed by atoms with Crippen molar-refractivity contribution in [2.75, 3.05) is 31.1 Å². The van der Waals surface area contributed by atoms with E-state index in [-0.39, 0.29) is 0 Å². The lowest BCUT2D eigenvalue weighted by atomic mass is 9.79. The summed E-state index contributed by atoms with van der Waals surface area (Å²) < 4.78 is 5.19. The molecular weight excluding hydrogens is 274 g/mol. The molecule has 0 N–H and O–H groups in total. The monoisotopic (exact) mass is 297 g/mol. The maximum Gasteiger partial charge on any atom is 0.128 e. The Morgan fingerprint density at radius 3 is 2.95 bits per heavy atom. The van der Waals surface area contributed by atoms with Crippen molar-refractivity contribution in [3.05, 3.63) is 48.6 Å². The standard InChI is InChI=1S/C18H23N3O/c1-2-8-19-17(4-1)21-9-3-6-18(15-21)7-10-20(14-18)12-16-5-11-22-13-16/h1-2,4-5,8,11,13H,3,6-7,9-10,12,14-15H2/t18-/m0/s1. The van der Waals surface area contributed by atoms with Crippen LogP contribution < -0.4 is 4.90 Å². The van der Waals surface area contributed by atoms with Crippen LogP contribution in [0.4, 0.5) is 5.82 Å². The Morgan fingerprint density at radius 2 is 2.14 bits per heavy atom. The molecule has 4 nitrogen and oxygen atoms in total. The second-order valence-corrected chi connectivity index (χ2v) is 6.81. The molecule has 116 valence electrons. The number of likely N-dealkylation sites (tertiary alicyclic amines) is 1. The van der Waals surface area contributed by atoms with E-state index in [0.29, 0.717) is 5.41 Å². The number of piperidine rings is 1. The van der Waals surface area contributed by atoms with Gasteiger partial charge in [-0.25, -0.2) is 4.98 Å². The highest BCUT2D eigenvalue weighted by Gasteiger charge is 2.41. The molecule has 0 aliphatic carbocycles. The molecule has 4 rings (SSSR count). The molecule has 2 aliphatic rings. The summed E-state index contributed by atoms with van der Waals surface area (Å²) in [5.74, 6) is 1.13. The first-order chi connectivity index (χ1) is 10.8. The first-order valence-electron chi connectivity index (χ1n) is 8.23. The summed E-state index contributed by atoms with van der Waals surface area (Å²) >= 11 is 0. The van der Waals surface area contributed by atoms with E-state index in [0.717, 1.165) is 25.5 Å². The van der Waals surface area contributed by atoms with Crippen LogP contribution in [0.2, 0.25) is 0 Å². The van der Waals surface area contributed by atoms with Gasteiger partial charge in [-0.1, -0.05) is 6.07 Å². The quantitative estimate of drug-likeness (QED) is 0.871. The minimum absolute atomic E-state index is 0.444. The zero-order chi connectivity index (χ0) is 14.8. The normalized spacial score (nSPS) is 25.9. The van der Waals surface area contributed by atoms with Crippen LogP contribution in [0.15, 0.2) is 47.4 Å². The molecule has 2 fully saturated rings. The number of aromatic nitrogens is 1. The molecule has 2 aromatic rings. The Bertz CT molecular complexity index is 598. The lowest BCUT2D eigenvalue weighted by molar-refractivity contribution is 0.216. The van der Waals surface area contributed by atoms with Gasteiger partial charge in [0.15, 0.2) is 0 Å². The highest BCUT2D eigenvalue weighted by molar-refractivity contribution is 5.39. The van der Waals surface area contributed by atoms with Crippen LogP contribution in [0.25, 0.3) is 0 Å². The fourth-order valence-corrected chi connectivity index (χ4v) is 4.08. The third-order valence-corrected chi connectivity index (χ3v) is 5.14. The van der Waals surface area contributed by atoms with Gasteiger partial charge in [0.05, 0.1) is 12.5 Å². The van der Waals surface area contributed by atoms with Gasteiger partial charge in [-0.3, -0.25) is 4.90 Å². The van der Waals surface area contributed by atoms with Gasteiger partial charge < -0.3 is 9.32 Å². The summed E-state index contributed by atoms with van der Waals surface area (Å²) in [6, 6.07) is 8.29. The van der Waals surface area contributed by atoms with Gasteiger partial charge in [0.25, 0.3) is 0 Å². The van der Waals surface area contributed by atoms with Crippen molar-refractivity contribution < 1.29 is 4.42 Å². The lowest BCUT2D eigenvalue weighted by Gasteiger charge is -2.41. The molecule has 0 bridgehead atoms. The summed E-state index contributed by atoms with van der Waals surface area (Å²) in [7, 11) is 0. The van der Waals surface area contributed by atoms with Crippen LogP contribution in [0.3, 0.4) is 0 Å². The Balaban J connectivity index is 1.43. The third kappa shape index (κ3) is 2.75. The number of hydrogen-bond acceptors (Lipinski definition) is 4. The smallest absolute Gasteiger partial charge is 0.128 e. The SMILES string of the molecule is c1ccc(N2CCC[C@@]3(CCN(Cc4ccoc4)C3)C2)nc1. The molecule has 1 atom stereocenters. The van der Waals surface area contributed by atoms with E-state index in [1.54, 1.807) is 6.26 Å². The van der Waals surface area contributed by atoms with Gasteiger partial charge in [0.1, 0.15) is 5.82 Å². The average molecular weight is 297 g/mol. The van der Waals surface area contributed by atoms with Crippen LogP contribution in [-0.2, 0) is 6.54 Å². The van der Waals surface area contributed by atoms with Crippen molar-refractivity contribution in [1.82, 2.24) is 9.88 Å². The van der Waals surface area contributed by atoms with E-state index in [4.69, 9.17) is 4.42 Å². The van der Waals surface area contributed by atoms with Crippen LogP contribution in [-0.4, -0.2) is 36.1 Å². The Labute approximate surface area is 131 Å². The van der Waals surface area contributed by atoms with Crippen LogP contribution in [0.5, 0.6) is 0 Å². The Morgan fingerprint density at radius 1 is 1.14 bits per heavy atom. The van der Waals surface area contributed by atoms with Gasteiger partial charge in [0.2, 0.25) is 0 Å². The zero-order valence-electron chi connectivity index (χ0n) is 12.9. The van der Waals surface area contributed by atoms with Crippen molar-refractivity contribution in [2.45, 2.75) is 25.8 Å². The van der Waals surface area contributed by atoms with E-state index in [1.165, 1.54) is 37.9 Å². The van der Waals surface area contributed by atoms with E-state index in [9.17, 15) is 0 Å². The first-order valence-corrected chi connectivity index (χ1v) is 8.23. The van der Waals surface area contributed by atoms with E-state index in [1.807, 2.05) is 18.5 Å². The number of hydrogen-bond donors (Lipinski definition) is 0. The summed E-state index contributed by atoms with van der Waals surface area (Å²) in [5.41, 5.74) is 1.73. The molecule has 0 aromatic carbocycles. The van der Waals surface area contributed by atoms with E-state index < -0.39 is 0 Å². The number of nitrogens with zero attached hydrogens (tertiary/aromatic N) is 3. The number of anilines is 1. The molecular formula is C18H23N3O. The zero-order valence-corrected chi connectivity index (χ0v) is 12.9. The fraction of sp³-hybridized carbons (Fsp3) is 0.500. The van der Waals surface area contributed by atoms with Gasteiger partial charge in [-0.2, -0.15) is 0 Å². The summed E-state index contributed by atoms with van der Waals surface area (Å²) in [4.78, 5) is 9.59. The molecule has 4 heteroatoms. The first kappa shape index (κ1) is 13.8. The van der Waals surface area contributed by atoms with E-state index >= 15 is 0 Å². The molecule has 4 heterocycles. The molecule has 2 aromatic heterocycles. The molecule has 0 radical (unpaired) electrons. The van der Waals surface area contributed by atoms with Crippen LogP contribution >= 0.6 is 0 Å². The fourth-order valence-electron chi connectivity index (χ4n) is 4.08. The topological polar surface area (TPSA) is 32.5 Å². The summed E-state index contributed by atoms with van der Waals surface area (Å²) in [5, 5.41) is 0. The van der Waals surface area contributed by atoms with Gasteiger partial charge >= 0.3 is 0 Å². The molecule has 22 heavy (non-hydrogen) atoms. The lowest BCUT2D eigenvalue weighted by Crippen LogP contribution is -2.45. The maximum absolute atomic E-state index is 5.19. The summed E-state index contributed by atoms with van der Waals surface area (Å²) in [6.45, 7) is 5.69. The molecule has 2 saturated heterocycles. The largest absolute Gasteiger partial charge is 0.472 e. The number of pyridine rings is 1. The molecule has 0 saturated carbocycles. The minimum Gasteiger partial charge on any atom is -0.472 e. The van der Waals surface area contributed by atoms with Crippen LogP contribution in [0.1, 0.15) is 24.8 Å². The summed E-state index contributed by atoms with van der Waals surface area (Å²) in [6.07, 6.45) is 9.45. The van der Waals surface area contributed by atoms with Gasteiger partial charge in [0, 0.05) is 43.4 Å². The highest BCUT2D eigenvalue weighted by Crippen LogP contribution is 2.40. The predicted octanol–water partition coefficient (Wildman–Crippen LogP) is 3.17.